The van der Waals surface area contributed by atoms with E-state index in [1.807, 2.05) is 32.0 Å². The lowest BCUT2D eigenvalue weighted by atomic mass is 10.1. The van der Waals surface area contributed by atoms with Crippen molar-refractivity contribution in [1.82, 2.24) is 5.32 Å². The van der Waals surface area contributed by atoms with Crippen LogP contribution in [0, 0.1) is 5.82 Å². The van der Waals surface area contributed by atoms with E-state index in [-0.39, 0.29) is 35.0 Å². The zero-order chi connectivity index (χ0) is 22.8. The van der Waals surface area contributed by atoms with Crippen LogP contribution in [0.1, 0.15) is 46.5 Å². The molecule has 3 aromatic rings. The Morgan fingerprint density at radius 1 is 1.12 bits per heavy atom. The lowest BCUT2D eigenvalue weighted by Gasteiger charge is -2.24. The average molecular weight is 469 g/mol. The molecule has 0 saturated heterocycles. The predicted octanol–water partition coefficient (Wildman–Crippen LogP) is 6.32. The number of nitrogens with zero attached hydrogens (tertiary/aromatic N) is 1. The number of hydrogen-bond acceptors (Lipinski definition) is 3. The second kappa shape index (κ2) is 9.35. The highest BCUT2D eigenvalue weighted by Gasteiger charge is 2.29. The Kier molecular flexibility index (Phi) is 6.53. The van der Waals surface area contributed by atoms with E-state index in [0.717, 1.165) is 16.2 Å². The monoisotopic (exact) mass is 468 g/mol. The smallest absolute Gasteiger partial charge is 0.259 e. The lowest BCUT2D eigenvalue weighted by molar-refractivity contribution is 0.0936. The van der Waals surface area contributed by atoms with Crippen LogP contribution >= 0.6 is 23.4 Å². The number of carbonyl (C=O) groups excluding carboxylic acids is 2. The van der Waals surface area contributed by atoms with Crippen molar-refractivity contribution < 1.29 is 14.0 Å². The van der Waals surface area contributed by atoms with Gasteiger partial charge in [0.2, 0.25) is 0 Å². The number of amides is 2. The van der Waals surface area contributed by atoms with E-state index in [0.29, 0.717) is 16.8 Å². The van der Waals surface area contributed by atoms with Gasteiger partial charge < -0.3 is 10.2 Å². The van der Waals surface area contributed by atoms with Gasteiger partial charge in [0.15, 0.2) is 0 Å². The second-order valence-corrected chi connectivity index (χ2v) is 9.15. The minimum Gasteiger partial charge on any atom is -0.350 e. The fourth-order valence-corrected chi connectivity index (χ4v) is 4.75. The van der Waals surface area contributed by atoms with Crippen molar-refractivity contribution in [3.8, 4) is 0 Å². The summed E-state index contributed by atoms with van der Waals surface area (Å²) in [4.78, 5) is 29.4. The molecule has 0 aromatic heterocycles. The number of rotatable bonds is 5. The summed E-state index contributed by atoms with van der Waals surface area (Å²) in [7, 11) is 0. The van der Waals surface area contributed by atoms with Gasteiger partial charge in [0, 0.05) is 32.0 Å². The topological polar surface area (TPSA) is 49.4 Å². The van der Waals surface area contributed by atoms with Crippen molar-refractivity contribution in [2.75, 3.05) is 4.90 Å². The van der Waals surface area contributed by atoms with E-state index in [1.165, 1.54) is 28.8 Å². The van der Waals surface area contributed by atoms with E-state index >= 15 is 0 Å². The van der Waals surface area contributed by atoms with Gasteiger partial charge in [-0.1, -0.05) is 48.5 Å². The highest BCUT2D eigenvalue weighted by molar-refractivity contribution is 7.99. The molecule has 1 N–H and O–H groups in total. The predicted molar refractivity (Wildman–Crippen MR) is 126 cm³/mol. The highest BCUT2D eigenvalue weighted by atomic mass is 35.5. The Bertz CT molecular complexity index is 1180. The number of carbonyl (C=O) groups is 2. The molecule has 1 atom stereocenters. The van der Waals surface area contributed by atoms with Gasteiger partial charge in [-0.3, -0.25) is 9.59 Å². The zero-order valence-electron chi connectivity index (χ0n) is 17.7. The van der Waals surface area contributed by atoms with Gasteiger partial charge in [-0.15, -0.1) is 0 Å². The molecule has 4 nitrogen and oxygen atoms in total. The number of hydrogen-bond donors (Lipinski definition) is 1. The minimum absolute atomic E-state index is 0.0231. The third kappa shape index (κ3) is 4.38. The number of nitrogens with one attached hydrogen (secondary N) is 1. The molecule has 1 heterocycles. The normalized spacial score (nSPS) is 13.8. The zero-order valence-corrected chi connectivity index (χ0v) is 19.3. The van der Waals surface area contributed by atoms with E-state index in [4.69, 9.17) is 11.6 Å². The molecule has 0 bridgehead atoms. The van der Waals surface area contributed by atoms with Crippen molar-refractivity contribution in [2.45, 2.75) is 42.6 Å². The van der Waals surface area contributed by atoms with Crippen molar-refractivity contribution in [3.63, 3.8) is 0 Å². The van der Waals surface area contributed by atoms with Crippen LogP contribution in [0.4, 0.5) is 10.1 Å². The van der Waals surface area contributed by atoms with Crippen LogP contribution in [0.5, 0.6) is 0 Å². The van der Waals surface area contributed by atoms with Crippen molar-refractivity contribution in [3.05, 3.63) is 88.2 Å². The van der Waals surface area contributed by atoms with E-state index in [1.54, 1.807) is 30.3 Å². The largest absolute Gasteiger partial charge is 0.350 e. The summed E-state index contributed by atoms with van der Waals surface area (Å²) >= 11 is 7.72. The summed E-state index contributed by atoms with van der Waals surface area (Å²) in [5.41, 5.74) is 1.74. The van der Waals surface area contributed by atoms with Gasteiger partial charge in [-0.05, 0) is 55.8 Å². The standard InChI is InChI=1S/C25H22ClFN2O2S/c1-3-15(2)28-24(30)16-11-12-23-21(13-16)29(14-18-19(26)8-6-9-20(18)27)25(31)17-7-4-5-10-22(17)32-23/h4-13,15H,3,14H2,1-2H3,(H,28,30)/t15-/m1/s1. The van der Waals surface area contributed by atoms with Crippen molar-refractivity contribution in [2.24, 2.45) is 0 Å². The van der Waals surface area contributed by atoms with Gasteiger partial charge in [0.25, 0.3) is 11.8 Å². The molecule has 0 aliphatic carbocycles. The number of fused-ring (bicyclic) bond motifs is 2. The van der Waals surface area contributed by atoms with Gasteiger partial charge >= 0.3 is 0 Å². The molecule has 2 amide bonds. The summed E-state index contributed by atoms with van der Waals surface area (Å²) in [6.45, 7) is 3.88. The van der Waals surface area contributed by atoms with Gasteiger partial charge in [-0.25, -0.2) is 4.39 Å². The number of anilines is 1. The fourth-order valence-electron chi connectivity index (χ4n) is 3.47. The molecule has 4 rings (SSSR count). The summed E-state index contributed by atoms with van der Waals surface area (Å²) < 4.78 is 14.6. The molecule has 1 aliphatic heterocycles. The number of halogens is 2. The molecule has 3 aromatic carbocycles. The summed E-state index contributed by atoms with van der Waals surface area (Å²) in [6.07, 6.45) is 0.804. The quantitative estimate of drug-likeness (QED) is 0.476. The molecule has 7 heteroatoms. The van der Waals surface area contributed by atoms with E-state index < -0.39 is 5.82 Å². The summed E-state index contributed by atoms with van der Waals surface area (Å²) in [5, 5.41) is 3.19. The van der Waals surface area contributed by atoms with Crippen LogP contribution in [0.15, 0.2) is 70.5 Å². The first-order valence-electron chi connectivity index (χ1n) is 10.4. The molecular formula is C25H22ClFN2O2S. The van der Waals surface area contributed by atoms with Crippen molar-refractivity contribution >= 4 is 40.9 Å². The highest BCUT2D eigenvalue weighted by Crippen LogP contribution is 2.42. The third-order valence-electron chi connectivity index (χ3n) is 5.46. The van der Waals surface area contributed by atoms with Gasteiger partial charge in [0.05, 0.1) is 17.8 Å². The van der Waals surface area contributed by atoms with Gasteiger partial charge in [-0.2, -0.15) is 0 Å². The first-order chi connectivity index (χ1) is 15.4. The molecule has 164 valence electrons. The lowest BCUT2D eigenvalue weighted by Crippen LogP contribution is -2.33. The van der Waals surface area contributed by atoms with E-state index in [2.05, 4.69) is 5.32 Å². The van der Waals surface area contributed by atoms with Crippen LogP contribution < -0.4 is 10.2 Å². The molecule has 0 spiro atoms. The maximum Gasteiger partial charge on any atom is 0.259 e. The molecule has 0 unspecified atom stereocenters. The molecule has 0 fully saturated rings. The molecule has 0 radical (unpaired) electrons. The Morgan fingerprint density at radius 2 is 1.91 bits per heavy atom. The van der Waals surface area contributed by atoms with Crippen LogP contribution in [0.2, 0.25) is 5.02 Å². The summed E-state index contributed by atoms with van der Waals surface area (Å²) in [6, 6.07) is 17.0. The Hall–Kier alpha value is -2.83. The van der Waals surface area contributed by atoms with Crippen LogP contribution in [-0.4, -0.2) is 17.9 Å². The van der Waals surface area contributed by atoms with Crippen LogP contribution in [-0.2, 0) is 6.54 Å². The van der Waals surface area contributed by atoms with Crippen molar-refractivity contribution in [1.29, 1.82) is 0 Å². The Labute approximate surface area is 195 Å². The number of benzene rings is 3. The minimum atomic E-state index is -0.484. The first-order valence-corrected chi connectivity index (χ1v) is 11.5. The maximum absolute atomic E-state index is 14.6. The molecular weight excluding hydrogens is 447 g/mol. The maximum atomic E-state index is 14.6. The average Bonchev–Trinajstić information content (AvgIpc) is 2.90. The molecule has 0 saturated carbocycles. The summed E-state index contributed by atoms with van der Waals surface area (Å²) in [5.74, 6) is -0.974. The Morgan fingerprint density at radius 3 is 2.66 bits per heavy atom. The van der Waals surface area contributed by atoms with Crippen LogP contribution in [0.3, 0.4) is 0 Å². The van der Waals surface area contributed by atoms with Crippen LogP contribution in [0.25, 0.3) is 0 Å². The fraction of sp³-hybridized carbons (Fsp3) is 0.200. The van der Waals surface area contributed by atoms with E-state index in [9.17, 15) is 14.0 Å². The SMILES string of the molecule is CC[C@@H](C)NC(=O)c1ccc2c(c1)N(Cc1c(F)cccc1Cl)C(=O)c1ccccc1S2. The molecule has 32 heavy (non-hydrogen) atoms. The first kappa shape index (κ1) is 22.4. The second-order valence-electron chi connectivity index (χ2n) is 7.65. The Balaban J connectivity index is 1.83. The molecule has 1 aliphatic rings. The third-order valence-corrected chi connectivity index (χ3v) is 6.96. The van der Waals surface area contributed by atoms with Gasteiger partial charge in [0.1, 0.15) is 5.82 Å².